The molecule has 1 unspecified atom stereocenters. The lowest BCUT2D eigenvalue weighted by Crippen LogP contribution is -2.39. The van der Waals surface area contributed by atoms with E-state index in [9.17, 15) is 5.11 Å². The van der Waals surface area contributed by atoms with E-state index < -0.39 is 0 Å². The molecule has 1 aromatic heterocycles. The van der Waals surface area contributed by atoms with Crippen LogP contribution >= 0.6 is 35.3 Å². The molecule has 1 atom stereocenters. The van der Waals surface area contributed by atoms with E-state index in [1.54, 1.807) is 18.4 Å². The molecule has 0 saturated carbocycles. The molecule has 0 aliphatic heterocycles. The van der Waals surface area contributed by atoms with Gasteiger partial charge in [0.05, 0.1) is 13.2 Å². The van der Waals surface area contributed by atoms with Gasteiger partial charge in [-0.25, -0.2) is 0 Å². The Balaban J connectivity index is 0.00000264. The second kappa shape index (κ2) is 10.6. The van der Waals surface area contributed by atoms with E-state index >= 15 is 0 Å². The van der Waals surface area contributed by atoms with E-state index in [4.69, 9.17) is 0 Å². The number of guanidine groups is 1. The zero-order chi connectivity index (χ0) is 15.8. The average Bonchev–Trinajstić information content (AvgIpc) is 2.97. The highest BCUT2D eigenvalue weighted by Crippen LogP contribution is 2.15. The highest BCUT2D eigenvalue weighted by molar-refractivity contribution is 14.0. The topological polar surface area (TPSA) is 56.7 Å². The van der Waals surface area contributed by atoms with Gasteiger partial charge in [0.25, 0.3) is 0 Å². The van der Waals surface area contributed by atoms with E-state index in [1.165, 1.54) is 10.4 Å². The first-order valence-corrected chi connectivity index (χ1v) is 8.26. The molecule has 0 amide bonds. The molecule has 2 aromatic rings. The molecule has 1 heterocycles. The van der Waals surface area contributed by atoms with Crippen molar-refractivity contribution < 1.29 is 5.11 Å². The monoisotopic (exact) mass is 445 g/mol. The van der Waals surface area contributed by atoms with Crippen molar-refractivity contribution in [1.29, 1.82) is 0 Å². The fourth-order valence-corrected chi connectivity index (χ4v) is 3.05. The van der Waals surface area contributed by atoms with Crippen LogP contribution < -0.4 is 10.6 Å². The first kappa shape index (κ1) is 19.9. The third kappa shape index (κ3) is 6.12. The molecule has 6 heteroatoms. The zero-order valence-corrected chi connectivity index (χ0v) is 16.6. The third-order valence-electron chi connectivity index (χ3n) is 3.62. The van der Waals surface area contributed by atoms with Crippen LogP contribution in [0.2, 0.25) is 0 Å². The van der Waals surface area contributed by atoms with Gasteiger partial charge in [-0.05, 0) is 29.5 Å². The molecule has 23 heavy (non-hydrogen) atoms. The van der Waals surface area contributed by atoms with E-state index in [0.29, 0.717) is 6.54 Å². The number of aliphatic hydroxyl groups excluding tert-OH is 1. The third-order valence-corrected chi connectivity index (χ3v) is 4.64. The SMILES string of the molecule is CN=C(NCc1sccc1C)NCC(CO)c1ccccc1.I. The standard InChI is InChI=1S/C17H23N3OS.HI/c1-13-8-9-22-16(13)11-20-17(18-2)19-10-15(12-21)14-6-4-3-5-7-14;/h3-9,15,21H,10-12H2,1-2H3,(H2,18,19,20);1H. The maximum absolute atomic E-state index is 9.58. The van der Waals surface area contributed by atoms with Gasteiger partial charge < -0.3 is 15.7 Å². The fourth-order valence-electron chi connectivity index (χ4n) is 2.20. The number of benzene rings is 1. The lowest BCUT2D eigenvalue weighted by molar-refractivity contribution is 0.265. The number of hydrogen-bond acceptors (Lipinski definition) is 3. The maximum Gasteiger partial charge on any atom is 0.191 e. The summed E-state index contributed by atoms with van der Waals surface area (Å²) in [5.41, 5.74) is 2.42. The highest BCUT2D eigenvalue weighted by atomic mass is 127. The first-order valence-electron chi connectivity index (χ1n) is 7.38. The molecule has 126 valence electrons. The lowest BCUT2D eigenvalue weighted by atomic mass is 10.0. The lowest BCUT2D eigenvalue weighted by Gasteiger charge is -2.18. The van der Waals surface area contributed by atoms with Crippen LogP contribution in [-0.2, 0) is 6.54 Å². The Hall–Kier alpha value is -1.12. The van der Waals surface area contributed by atoms with Crippen molar-refractivity contribution in [2.45, 2.75) is 19.4 Å². The largest absolute Gasteiger partial charge is 0.396 e. The minimum atomic E-state index is 0. The summed E-state index contributed by atoms with van der Waals surface area (Å²) in [6.07, 6.45) is 0. The molecule has 2 rings (SSSR count). The van der Waals surface area contributed by atoms with Crippen LogP contribution in [0.4, 0.5) is 0 Å². The number of rotatable bonds is 6. The summed E-state index contributed by atoms with van der Waals surface area (Å²) in [5, 5.41) is 18.3. The van der Waals surface area contributed by atoms with E-state index in [1.807, 2.05) is 30.3 Å². The number of nitrogens with zero attached hydrogens (tertiary/aromatic N) is 1. The zero-order valence-electron chi connectivity index (χ0n) is 13.5. The quantitative estimate of drug-likeness (QED) is 0.364. The van der Waals surface area contributed by atoms with Gasteiger partial charge in [0.1, 0.15) is 0 Å². The molecule has 0 fully saturated rings. The molecule has 0 radical (unpaired) electrons. The second-order valence-corrected chi connectivity index (χ2v) is 6.12. The van der Waals surface area contributed by atoms with Crippen LogP contribution in [0.5, 0.6) is 0 Å². The van der Waals surface area contributed by atoms with Gasteiger partial charge in [-0.15, -0.1) is 35.3 Å². The Morgan fingerprint density at radius 1 is 1.22 bits per heavy atom. The predicted molar refractivity (Wildman–Crippen MR) is 109 cm³/mol. The Morgan fingerprint density at radius 2 is 1.96 bits per heavy atom. The number of nitrogens with one attached hydrogen (secondary N) is 2. The number of aliphatic hydroxyl groups is 1. The van der Waals surface area contributed by atoms with Gasteiger partial charge in [0.2, 0.25) is 0 Å². The molecular formula is C17H24IN3OS. The Morgan fingerprint density at radius 3 is 2.52 bits per heavy atom. The number of aliphatic imine (C=N–C) groups is 1. The van der Waals surface area contributed by atoms with Crippen LogP contribution in [-0.4, -0.2) is 31.3 Å². The normalized spacial score (nSPS) is 12.4. The summed E-state index contributed by atoms with van der Waals surface area (Å²) in [6, 6.07) is 12.2. The van der Waals surface area contributed by atoms with Crippen molar-refractivity contribution in [1.82, 2.24) is 10.6 Å². The van der Waals surface area contributed by atoms with Crippen LogP contribution in [0.3, 0.4) is 0 Å². The van der Waals surface area contributed by atoms with Crippen LogP contribution in [0.1, 0.15) is 21.9 Å². The van der Waals surface area contributed by atoms with Crippen molar-refractivity contribution in [3.8, 4) is 0 Å². The van der Waals surface area contributed by atoms with Crippen molar-refractivity contribution in [2.24, 2.45) is 4.99 Å². The summed E-state index contributed by atoms with van der Waals surface area (Å²) in [6.45, 7) is 3.63. The minimum Gasteiger partial charge on any atom is -0.396 e. The molecule has 0 aliphatic carbocycles. The number of hydrogen-bond donors (Lipinski definition) is 3. The van der Waals surface area contributed by atoms with Gasteiger partial charge >= 0.3 is 0 Å². The summed E-state index contributed by atoms with van der Waals surface area (Å²) in [7, 11) is 1.76. The van der Waals surface area contributed by atoms with Crippen molar-refractivity contribution >= 4 is 41.3 Å². The van der Waals surface area contributed by atoms with Gasteiger partial charge in [0, 0.05) is 24.4 Å². The molecule has 0 bridgehead atoms. The van der Waals surface area contributed by atoms with Crippen molar-refractivity contribution in [2.75, 3.05) is 20.2 Å². The molecule has 1 aromatic carbocycles. The number of halogens is 1. The van der Waals surface area contributed by atoms with Crippen molar-refractivity contribution in [3.63, 3.8) is 0 Å². The summed E-state index contributed by atoms with van der Waals surface area (Å²) in [5.74, 6) is 0.811. The summed E-state index contributed by atoms with van der Waals surface area (Å²) < 4.78 is 0. The number of aryl methyl sites for hydroxylation is 1. The second-order valence-electron chi connectivity index (χ2n) is 5.12. The molecule has 0 saturated heterocycles. The van der Waals surface area contributed by atoms with Crippen LogP contribution in [0.25, 0.3) is 0 Å². The molecule has 3 N–H and O–H groups in total. The predicted octanol–water partition coefficient (Wildman–Crippen LogP) is 3.12. The van der Waals surface area contributed by atoms with Gasteiger partial charge in [-0.1, -0.05) is 30.3 Å². The first-order chi connectivity index (χ1) is 10.7. The molecular weight excluding hydrogens is 421 g/mol. The Bertz CT molecular complexity index is 601. The molecule has 4 nitrogen and oxygen atoms in total. The van der Waals surface area contributed by atoms with Gasteiger partial charge in [-0.3, -0.25) is 4.99 Å². The Labute approximate surface area is 159 Å². The number of thiophene rings is 1. The minimum absolute atomic E-state index is 0. The van der Waals surface area contributed by atoms with E-state index in [0.717, 1.165) is 18.1 Å². The molecule has 0 spiro atoms. The summed E-state index contributed by atoms with van der Waals surface area (Å²) >= 11 is 1.74. The van der Waals surface area contributed by atoms with E-state index in [2.05, 4.69) is 34.0 Å². The molecule has 0 aliphatic rings. The van der Waals surface area contributed by atoms with E-state index in [-0.39, 0.29) is 36.5 Å². The maximum atomic E-state index is 9.58. The Kier molecular flexibility index (Phi) is 9.20. The smallest absolute Gasteiger partial charge is 0.191 e. The van der Waals surface area contributed by atoms with Crippen LogP contribution in [0.15, 0.2) is 46.8 Å². The van der Waals surface area contributed by atoms with Crippen molar-refractivity contribution in [3.05, 3.63) is 57.8 Å². The van der Waals surface area contributed by atoms with Crippen LogP contribution in [0, 0.1) is 6.92 Å². The summed E-state index contributed by atoms with van der Waals surface area (Å²) in [4.78, 5) is 5.54. The fraction of sp³-hybridized carbons (Fsp3) is 0.353. The highest BCUT2D eigenvalue weighted by Gasteiger charge is 2.11. The average molecular weight is 445 g/mol. The van der Waals surface area contributed by atoms with Gasteiger partial charge in [0.15, 0.2) is 5.96 Å². The van der Waals surface area contributed by atoms with Gasteiger partial charge in [-0.2, -0.15) is 0 Å².